The molecular formula is C16H27N3O2. The maximum atomic E-state index is 12.1. The second-order valence-electron chi connectivity index (χ2n) is 5.02. The van der Waals surface area contributed by atoms with Gasteiger partial charge in [-0.3, -0.25) is 10.1 Å². The summed E-state index contributed by atoms with van der Waals surface area (Å²) >= 11 is 0. The van der Waals surface area contributed by atoms with Crippen LogP contribution in [0.2, 0.25) is 0 Å². The highest BCUT2D eigenvalue weighted by Crippen LogP contribution is 2.21. The largest absolute Gasteiger partial charge is 0.382 e. The second kappa shape index (κ2) is 8.77. The van der Waals surface area contributed by atoms with Gasteiger partial charge >= 0.3 is 0 Å². The summed E-state index contributed by atoms with van der Waals surface area (Å²) in [6.45, 7) is 7.95. The molecule has 0 heterocycles. The first-order valence-electron chi connectivity index (χ1n) is 7.42. The van der Waals surface area contributed by atoms with Crippen molar-refractivity contribution in [1.29, 1.82) is 0 Å². The Morgan fingerprint density at radius 3 is 2.38 bits per heavy atom. The third kappa shape index (κ3) is 4.52. The molecule has 0 aliphatic carbocycles. The minimum atomic E-state index is -0.983. The zero-order chi connectivity index (χ0) is 15.7. The number of rotatable bonds is 10. The average Bonchev–Trinajstić information content (AvgIpc) is 2.51. The molecule has 5 nitrogen and oxygen atoms in total. The van der Waals surface area contributed by atoms with Crippen LogP contribution in [0.1, 0.15) is 19.4 Å². The fourth-order valence-corrected chi connectivity index (χ4v) is 2.44. The normalized spacial score (nSPS) is 14.1. The molecule has 0 spiro atoms. The Labute approximate surface area is 127 Å². The maximum Gasteiger partial charge on any atom is 0.244 e. The van der Waals surface area contributed by atoms with E-state index in [4.69, 9.17) is 10.5 Å². The monoisotopic (exact) mass is 293 g/mol. The van der Waals surface area contributed by atoms with E-state index in [-0.39, 0.29) is 6.61 Å². The first kappa shape index (κ1) is 17.6. The first-order valence-corrected chi connectivity index (χ1v) is 7.42. The zero-order valence-corrected chi connectivity index (χ0v) is 13.3. The molecule has 1 unspecified atom stereocenters. The topological polar surface area (TPSA) is 67.6 Å². The van der Waals surface area contributed by atoms with E-state index in [9.17, 15) is 4.79 Å². The number of methoxy groups -OCH3 is 1. The highest BCUT2D eigenvalue weighted by atomic mass is 16.5. The molecule has 0 bridgehead atoms. The maximum absolute atomic E-state index is 12.1. The number of ether oxygens (including phenoxy) is 1. The SMILES string of the molecule is CCN(CC)CCNC(COC)(C(N)=O)c1ccccc1. The number of nitrogens with one attached hydrogen (secondary N) is 1. The summed E-state index contributed by atoms with van der Waals surface area (Å²) in [6.07, 6.45) is 0. The lowest BCUT2D eigenvalue weighted by molar-refractivity contribution is -0.127. The van der Waals surface area contributed by atoms with Crippen molar-refractivity contribution in [2.45, 2.75) is 19.4 Å². The third-order valence-electron chi connectivity index (χ3n) is 3.80. The van der Waals surface area contributed by atoms with Crippen LogP contribution in [0.25, 0.3) is 0 Å². The van der Waals surface area contributed by atoms with Crippen LogP contribution in [0, 0.1) is 0 Å². The smallest absolute Gasteiger partial charge is 0.244 e. The highest BCUT2D eigenvalue weighted by Gasteiger charge is 2.38. The van der Waals surface area contributed by atoms with Crippen LogP contribution < -0.4 is 11.1 Å². The molecule has 0 aliphatic heterocycles. The van der Waals surface area contributed by atoms with Crippen molar-refractivity contribution in [3.8, 4) is 0 Å². The second-order valence-corrected chi connectivity index (χ2v) is 5.02. The molecule has 1 aromatic rings. The molecule has 0 fully saturated rings. The van der Waals surface area contributed by atoms with Gasteiger partial charge in [0, 0.05) is 20.2 Å². The lowest BCUT2D eigenvalue weighted by Crippen LogP contribution is -2.57. The Bertz CT molecular complexity index is 421. The van der Waals surface area contributed by atoms with Gasteiger partial charge in [-0.25, -0.2) is 0 Å². The molecule has 0 saturated heterocycles. The Morgan fingerprint density at radius 1 is 1.29 bits per heavy atom. The molecular weight excluding hydrogens is 266 g/mol. The molecule has 1 amide bonds. The fourth-order valence-electron chi connectivity index (χ4n) is 2.44. The van der Waals surface area contributed by atoms with E-state index >= 15 is 0 Å². The van der Waals surface area contributed by atoms with Gasteiger partial charge in [0.1, 0.15) is 5.54 Å². The van der Waals surface area contributed by atoms with E-state index in [0.29, 0.717) is 6.54 Å². The number of carbonyl (C=O) groups is 1. The number of hydrogen-bond acceptors (Lipinski definition) is 4. The molecule has 1 rings (SSSR count). The fraction of sp³-hybridized carbons (Fsp3) is 0.562. The summed E-state index contributed by atoms with van der Waals surface area (Å²) in [5.74, 6) is -0.421. The van der Waals surface area contributed by atoms with Gasteiger partial charge in [0.2, 0.25) is 5.91 Å². The average molecular weight is 293 g/mol. The molecule has 21 heavy (non-hydrogen) atoms. The van der Waals surface area contributed by atoms with E-state index in [0.717, 1.165) is 25.2 Å². The van der Waals surface area contributed by atoms with Crippen molar-refractivity contribution in [2.75, 3.05) is 39.9 Å². The van der Waals surface area contributed by atoms with Gasteiger partial charge in [-0.05, 0) is 18.7 Å². The molecule has 3 N–H and O–H groups in total. The van der Waals surface area contributed by atoms with Crippen LogP contribution in [0.4, 0.5) is 0 Å². The van der Waals surface area contributed by atoms with Crippen molar-refractivity contribution in [2.24, 2.45) is 5.73 Å². The number of likely N-dealkylation sites (N-methyl/N-ethyl adjacent to an activating group) is 1. The molecule has 5 heteroatoms. The zero-order valence-electron chi connectivity index (χ0n) is 13.3. The molecule has 0 saturated carbocycles. The summed E-state index contributed by atoms with van der Waals surface area (Å²) < 4.78 is 5.26. The summed E-state index contributed by atoms with van der Waals surface area (Å²) in [4.78, 5) is 14.4. The predicted octanol–water partition coefficient (Wildman–Crippen LogP) is 0.945. The summed E-state index contributed by atoms with van der Waals surface area (Å²) in [6, 6.07) is 9.50. The summed E-state index contributed by atoms with van der Waals surface area (Å²) in [5.41, 5.74) is 5.53. The van der Waals surface area contributed by atoms with Crippen LogP contribution >= 0.6 is 0 Å². The van der Waals surface area contributed by atoms with E-state index in [2.05, 4.69) is 24.1 Å². The Hall–Kier alpha value is -1.43. The van der Waals surface area contributed by atoms with E-state index < -0.39 is 11.4 Å². The summed E-state index contributed by atoms with van der Waals surface area (Å²) in [7, 11) is 1.58. The molecule has 0 aliphatic rings. The Kier molecular flexibility index (Phi) is 7.36. The predicted molar refractivity (Wildman–Crippen MR) is 85.0 cm³/mol. The molecule has 1 atom stereocenters. The quantitative estimate of drug-likeness (QED) is 0.674. The Morgan fingerprint density at radius 2 is 1.90 bits per heavy atom. The molecule has 0 aromatic heterocycles. The van der Waals surface area contributed by atoms with Gasteiger partial charge in [-0.2, -0.15) is 0 Å². The van der Waals surface area contributed by atoms with E-state index in [1.165, 1.54) is 0 Å². The van der Waals surface area contributed by atoms with Gasteiger partial charge < -0.3 is 15.4 Å². The van der Waals surface area contributed by atoms with Crippen LogP contribution in [0.3, 0.4) is 0 Å². The number of nitrogens with zero attached hydrogens (tertiary/aromatic N) is 1. The van der Waals surface area contributed by atoms with Crippen LogP contribution in [0.15, 0.2) is 30.3 Å². The molecule has 118 valence electrons. The number of carbonyl (C=O) groups excluding carboxylic acids is 1. The third-order valence-corrected chi connectivity index (χ3v) is 3.80. The van der Waals surface area contributed by atoms with Crippen molar-refractivity contribution in [3.05, 3.63) is 35.9 Å². The lowest BCUT2D eigenvalue weighted by atomic mass is 9.89. The summed E-state index contributed by atoms with van der Waals surface area (Å²) in [5, 5.41) is 3.31. The van der Waals surface area contributed by atoms with Crippen molar-refractivity contribution >= 4 is 5.91 Å². The number of hydrogen-bond donors (Lipinski definition) is 2. The number of nitrogens with two attached hydrogens (primary N) is 1. The Balaban J connectivity index is 2.89. The molecule has 1 aromatic carbocycles. The standard InChI is InChI=1S/C16H27N3O2/c1-4-19(5-2)12-11-18-16(13-21-3,15(17)20)14-9-7-6-8-10-14/h6-10,18H,4-5,11-13H2,1-3H3,(H2,17,20). The highest BCUT2D eigenvalue weighted by molar-refractivity contribution is 5.86. The van der Waals surface area contributed by atoms with Crippen molar-refractivity contribution in [1.82, 2.24) is 10.2 Å². The van der Waals surface area contributed by atoms with Gasteiger partial charge in [0.15, 0.2) is 0 Å². The van der Waals surface area contributed by atoms with Crippen LogP contribution in [-0.2, 0) is 15.1 Å². The van der Waals surface area contributed by atoms with Gasteiger partial charge in [-0.1, -0.05) is 44.2 Å². The van der Waals surface area contributed by atoms with E-state index in [1.807, 2.05) is 30.3 Å². The van der Waals surface area contributed by atoms with Gasteiger partial charge in [0.25, 0.3) is 0 Å². The number of primary amides is 1. The van der Waals surface area contributed by atoms with Crippen molar-refractivity contribution in [3.63, 3.8) is 0 Å². The van der Waals surface area contributed by atoms with Gasteiger partial charge in [0.05, 0.1) is 6.61 Å². The van der Waals surface area contributed by atoms with Crippen molar-refractivity contribution < 1.29 is 9.53 Å². The number of benzene rings is 1. The minimum absolute atomic E-state index is 0.213. The minimum Gasteiger partial charge on any atom is -0.382 e. The first-order chi connectivity index (χ1) is 10.1. The van der Waals surface area contributed by atoms with Crippen LogP contribution in [-0.4, -0.2) is 50.7 Å². The van der Waals surface area contributed by atoms with Crippen LogP contribution in [0.5, 0.6) is 0 Å². The van der Waals surface area contributed by atoms with Gasteiger partial charge in [-0.15, -0.1) is 0 Å². The van der Waals surface area contributed by atoms with E-state index in [1.54, 1.807) is 7.11 Å². The molecule has 0 radical (unpaired) electrons. The lowest BCUT2D eigenvalue weighted by Gasteiger charge is -2.32. The number of amides is 1.